The fraction of sp³-hybridized carbons (Fsp3) is 0.545. The molecular formula is C11H15N5O. The molecule has 1 aliphatic rings. The highest BCUT2D eigenvalue weighted by atomic mass is 16.3. The van der Waals surface area contributed by atoms with Crippen LogP contribution in [-0.2, 0) is 6.61 Å². The van der Waals surface area contributed by atoms with Crippen molar-refractivity contribution in [3.63, 3.8) is 0 Å². The molecule has 6 nitrogen and oxygen atoms in total. The molecule has 1 fully saturated rings. The Morgan fingerprint density at radius 2 is 2.47 bits per heavy atom. The second kappa shape index (κ2) is 4.38. The number of hydrogen-bond acceptors (Lipinski definition) is 5. The van der Waals surface area contributed by atoms with E-state index in [2.05, 4.69) is 20.4 Å². The first kappa shape index (κ1) is 10.6. The summed E-state index contributed by atoms with van der Waals surface area (Å²) in [6, 6.07) is 1.99. The fourth-order valence-corrected chi connectivity index (χ4v) is 2.33. The highest BCUT2D eigenvalue weighted by molar-refractivity contribution is 5.30. The van der Waals surface area contributed by atoms with Gasteiger partial charge < -0.3 is 10.4 Å². The van der Waals surface area contributed by atoms with Crippen LogP contribution >= 0.6 is 0 Å². The number of aliphatic hydroxyl groups is 1. The molecule has 0 aliphatic carbocycles. The zero-order chi connectivity index (χ0) is 11.7. The van der Waals surface area contributed by atoms with E-state index in [4.69, 9.17) is 5.11 Å². The van der Waals surface area contributed by atoms with Crippen molar-refractivity contribution < 1.29 is 5.11 Å². The number of nitrogens with one attached hydrogen (secondary N) is 1. The van der Waals surface area contributed by atoms with Crippen LogP contribution in [0.5, 0.6) is 0 Å². The zero-order valence-electron chi connectivity index (χ0n) is 9.50. The van der Waals surface area contributed by atoms with E-state index in [-0.39, 0.29) is 6.61 Å². The molecule has 2 aromatic rings. The van der Waals surface area contributed by atoms with Crippen LogP contribution in [0.3, 0.4) is 0 Å². The van der Waals surface area contributed by atoms with Gasteiger partial charge in [-0.3, -0.25) is 0 Å². The summed E-state index contributed by atoms with van der Waals surface area (Å²) in [6.07, 6.45) is 4.09. The van der Waals surface area contributed by atoms with Gasteiger partial charge >= 0.3 is 0 Å². The molecule has 0 amide bonds. The first-order valence-electron chi connectivity index (χ1n) is 5.90. The van der Waals surface area contributed by atoms with Gasteiger partial charge in [0.05, 0.1) is 5.69 Å². The van der Waals surface area contributed by atoms with E-state index in [1.165, 1.54) is 6.42 Å². The van der Waals surface area contributed by atoms with Crippen LogP contribution in [0.25, 0.3) is 5.78 Å². The van der Waals surface area contributed by atoms with E-state index in [1.54, 1.807) is 10.7 Å². The number of fused-ring (bicyclic) bond motifs is 1. The quantitative estimate of drug-likeness (QED) is 0.768. The van der Waals surface area contributed by atoms with Gasteiger partial charge in [-0.05, 0) is 25.5 Å². The number of rotatable bonds is 2. The topological polar surface area (TPSA) is 75.3 Å². The Balaban J connectivity index is 2.05. The molecule has 1 aliphatic heterocycles. The minimum Gasteiger partial charge on any atom is -0.388 e. The minimum atomic E-state index is -0.147. The van der Waals surface area contributed by atoms with Crippen LogP contribution in [0, 0.1) is 0 Å². The van der Waals surface area contributed by atoms with Gasteiger partial charge in [-0.15, -0.1) is 5.10 Å². The predicted molar refractivity (Wildman–Crippen MR) is 61.5 cm³/mol. The molecule has 6 heteroatoms. The van der Waals surface area contributed by atoms with Crippen LogP contribution in [0.1, 0.15) is 30.3 Å². The second-order valence-corrected chi connectivity index (χ2v) is 4.31. The lowest BCUT2D eigenvalue weighted by Gasteiger charge is -2.22. The molecule has 3 heterocycles. The Morgan fingerprint density at radius 3 is 3.24 bits per heavy atom. The van der Waals surface area contributed by atoms with Gasteiger partial charge in [-0.1, -0.05) is 0 Å². The number of hydrogen-bond donors (Lipinski definition) is 2. The van der Waals surface area contributed by atoms with Gasteiger partial charge in [0.1, 0.15) is 6.61 Å². The third-order valence-electron chi connectivity index (χ3n) is 3.17. The molecular weight excluding hydrogens is 218 g/mol. The Morgan fingerprint density at radius 1 is 1.53 bits per heavy atom. The maximum atomic E-state index is 9.06. The van der Waals surface area contributed by atoms with Crippen molar-refractivity contribution in [2.45, 2.75) is 25.4 Å². The number of nitrogens with zero attached hydrogens (tertiary/aromatic N) is 4. The Kier molecular flexibility index (Phi) is 2.74. The molecule has 0 spiro atoms. The summed E-state index contributed by atoms with van der Waals surface area (Å²) in [4.78, 5) is 8.32. The van der Waals surface area contributed by atoms with E-state index in [0.29, 0.717) is 17.5 Å². The lowest BCUT2D eigenvalue weighted by atomic mass is 9.96. The van der Waals surface area contributed by atoms with Crippen LogP contribution in [0.15, 0.2) is 12.3 Å². The van der Waals surface area contributed by atoms with Gasteiger partial charge in [-0.25, -0.2) is 9.50 Å². The number of aliphatic hydroxyl groups excluding tert-OH is 1. The average molecular weight is 233 g/mol. The van der Waals surface area contributed by atoms with Gasteiger partial charge in [0, 0.05) is 18.7 Å². The summed E-state index contributed by atoms with van der Waals surface area (Å²) in [6.45, 7) is 1.91. The van der Waals surface area contributed by atoms with E-state index in [0.717, 1.165) is 25.2 Å². The molecule has 0 radical (unpaired) electrons. The van der Waals surface area contributed by atoms with Crippen molar-refractivity contribution in [3.05, 3.63) is 23.8 Å². The third-order valence-corrected chi connectivity index (χ3v) is 3.17. The molecule has 17 heavy (non-hydrogen) atoms. The molecule has 0 bridgehead atoms. The van der Waals surface area contributed by atoms with Crippen molar-refractivity contribution in [2.75, 3.05) is 13.1 Å². The second-order valence-electron chi connectivity index (χ2n) is 4.31. The smallest absolute Gasteiger partial charge is 0.252 e. The maximum absolute atomic E-state index is 9.06. The molecule has 3 rings (SSSR count). The first-order valence-corrected chi connectivity index (χ1v) is 5.90. The normalized spacial score (nSPS) is 20.9. The average Bonchev–Trinajstić information content (AvgIpc) is 2.82. The monoisotopic (exact) mass is 233 g/mol. The summed E-state index contributed by atoms with van der Waals surface area (Å²) in [5.41, 5.74) is 1.12. The predicted octanol–water partition coefficient (Wildman–Crippen LogP) is 0.0836. The van der Waals surface area contributed by atoms with Crippen LogP contribution in [0.4, 0.5) is 0 Å². The summed E-state index contributed by atoms with van der Waals surface area (Å²) >= 11 is 0. The first-order chi connectivity index (χ1) is 8.38. The van der Waals surface area contributed by atoms with Crippen LogP contribution < -0.4 is 5.32 Å². The van der Waals surface area contributed by atoms with Gasteiger partial charge in [0.15, 0.2) is 5.82 Å². The van der Waals surface area contributed by atoms with Crippen molar-refractivity contribution >= 4 is 5.78 Å². The maximum Gasteiger partial charge on any atom is 0.252 e. The number of aromatic nitrogens is 4. The van der Waals surface area contributed by atoms with Gasteiger partial charge in [0.2, 0.25) is 0 Å². The van der Waals surface area contributed by atoms with E-state index in [1.807, 2.05) is 6.07 Å². The minimum absolute atomic E-state index is 0.147. The number of piperidine rings is 1. The summed E-state index contributed by atoms with van der Waals surface area (Å²) in [5.74, 6) is 1.44. The summed E-state index contributed by atoms with van der Waals surface area (Å²) in [5, 5.41) is 16.7. The fourth-order valence-electron chi connectivity index (χ4n) is 2.33. The van der Waals surface area contributed by atoms with E-state index < -0.39 is 0 Å². The molecule has 1 atom stereocenters. The van der Waals surface area contributed by atoms with Crippen molar-refractivity contribution in [3.8, 4) is 0 Å². The summed E-state index contributed by atoms with van der Waals surface area (Å²) < 4.78 is 1.75. The van der Waals surface area contributed by atoms with Gasteiger partial charge in [-0.2, -0.15) is 4.98 Å². The van der Waals surface area contributed by atoms with Crippen molar-refractivity contribution in [1.82, 2.24) is 24.9 Å². The molecule has 2 N–H and O–H groups in total. The third kappa shape index (κ3) is 1.89. The van der Waals surface area contributed by atoms with Crippen LogP contribution in [-0.4, -0.2) is 37.8 Å². The molecule has 90 valence electrons. The SMILES string of the molecule is OCc1nc2nccc(C3CCCNC3)n2n1. The van der Waals surface area contributed by atoms with Crippen molar-refractivity contribution in [2.24, 2.45) is 0 Å². The Labute approximate surface area is 98.7 Å². The molecule has 0 saturated carbocycles. The van der Waals surface area contributed by atoms with Crippen molar-refractivity contribution in [1.29, 1.82) is 0 Å². The van der Waals surface area contributed by atoms with Crippen LogP contribution in [0.2, 0.25) is 0 Å². The van der Waals surface area contributed by atoms with Gasteiger partial charge in [0.25, 0.3) is 5.78 Å². The van der Waals surface area contributed by atoms with E-state index in [9.17, 15) is 0 Å². The lowest BCUT2D eigenvalue weighted by molar-refractivity contribution is 0.271. The largest absolute Gasteiger partial charge is 0.388 e. The molecule has 2 aromatic heterocycles. The lowest BCUT2D eigenvalue weighted by Crippen LogP contribution is -2.29. The highest BCUT2D eigenvalue weighted by Crippen LogP contribution is 2.22. The highest BCUT2D eigenvalue weighted by Gasteiger charge is 2.19. The molecule has 0 aromatic carbocycles. The standard InChI is InChI=1S/C11H15N5O/c17-7-10-14-11-13-5-3-9(16(11)15-10)8-2-1-4-12-6-8/h3,5,8,12,17H,1-2,4,6-7H2. The molecule has 1 unspecified atom stereocenters. The zero-order valence-corrected chi connectivity index (χ0v) is 9.50. The Bertz CT molecular complexity index is 518. The Hall–Kier alpha value is -1.53. The molecule has 1 saturated heterocycles. The van der Waals surface area contributed by atoms with E-state index >= 15 is 0 Å². The summed E-state index contributed by atoms with van der Waals surface area (Å²) in [7, 11) is 0.